The fraction of sp³-hybridized carbons (Fsp3) is 0.714. The van der Waals surface area contributed by atoms with E-state index in [1.165, 1.54) is 0 Å². The lowest BCUT2D eigenvalue weighted by molar-refractivity contribution is -0.315. The van der Waals surface area contributed by atoms with Crippen LogP contribution in [0.5, 0.6) is 0 Å². The number of carbonyl (C=O) groups excluding carboxylic acids is 2. The third-order valence-corrected chi connectivity index (χ3v) is 3.00. The van der Waals surface area contributed by atoms with E-state index in [1.54, 1.807) is 0 Å². The second-order valence-corrected chi connectivity index (χ2v) is 4.04. The number of alkyl halides is 2. The quantitative estimate of drug-likeness (QED) is 0.644. The molecule has 0 heterocycles. The Balaban J connectivity index is 2.70. The lowest BCUT2D eigenvalue weighted by Gasteiger charge is -2.25. The molecule has 0 radical (unpaired) electrons. The van der Waals surface area contributed by atoms with Crippen LogP contribution in [0.25, 0.3) is 0 Å². The van der Waals surface area contributed by atoms with Gasteiger partial charge in [-0.05, 0) is 22.4 Å². The average molecular weight is 238 g/mol. The first-order chi connectivity index (χ1) is 5.44. The maximum Gasteiger partial charge on any atom is 0.207 e. The molecule has 0 spiro atoms. The van der Waals surface area contributed by atoms with E-state index in [-0.39, 0.29) is 25.0 Å². The molecule has 0 amide bonds. The zero-order chi connectivity index (χ0) is 9.35. The fourth-order valence-electron chi connectivity index (χ4n) is 1.29. The Hall–Kier alpha value is -0.450. The van der Waals surface area contributed by atoms with Crippen LogP contribution in [-0.2, 0) is 9.59 Å². The first kappa shape index (κ1) is 9.64. The molecule has 0 N–H and O–H groups in total. The summed E-state index contributed by atoms with van der Waals surface area (Å²) >= 11 is 2.42. The molecule has 12 heavy (non-hydrogen) atoms. The molecule has 5 heteroatoms. The van der Waals surface area contributed by atoms with Crippen LogP contribution in [0.2, 0.25) is 0 Å². The van der Waals surface area contributed by atoms with Gasteiger partial charge in [0.2, 0.25) is 4.58 Å². The highest BCUT2D eigenvalue weighted by Crippen LogP contribution is 2.38. The van der Waals surface area contributed by atoms with Crippen LogP contribution >= 0.6 is 15.9 Å². The molecule has 1 saturated carbocycles. The van der Waals surface area contributed by atoms with Crippen molar-refractivity contribution < 1.29 is 19.1 Å². The summed E-state index contributed by atoms with van der Waals surface area (Å²) in [6.07, 6.45) is 0.513. The minimum Gasteiger partial charge on any atom is -0.546 e. The van der Waals surface area contributed by atoms with Gasteiger partial charge in [0.25, 0.3) is 0 Å². The Labute approximate surface area is 77.1 Å². The third-order valence-electron chi connectivity index (χ3n) is 2.03. The minimum absolute atomic E-state index is 0.0181. The molecule has 1 fully saturated rings. The predicted octanol–water partition coefficient (Wildman–Crippen LogP) is 0.166. The number of rotatable bonds is 2. The molecule has 2 atom stereocenters. The van der Waals surface area contributed by atoms with Crippen molar-refractivity contribution in [3.05, 3.63) is 0 Å². The molecular weight excluding hydrogens is 231 g/mol. The molecule has 0 aliphatic heterocycles. The van der Waals surface area contributed by atoms with E-state index < -0.39 is 16.5 Å². The van der Waals surface area contributed by atoms with Crippen molar-refractivity contribution in [1.29, 1.82) is 0 Å². The molecular formula is C7H7BrFO3-. The predicted molar refractivity (Wildman–Crippen MR) is 40.1 cm³/mol. The van der Waals surface area contributed by atoms with Crippen LogP contribution in [0.1, 0.15) is 19.3 Å². The van der Waals surface area contributed by atoms with Gasteiger partial charge in [-0.3, -0.25) is 4.79 Å². The standard InChI is InChI=1S/C7H8BrFO3/c8-7(9,6(11)12)4-1-2-5(10)3-4/h4H,1-3H2,(H,11,12)/p-1. The first-order valence-corrected chi connectivity index (χ1v) is 4.35. The van der Waals surface area contributed by atoms with E-state index in [4.69, 9.17) is 0 Å². The second-order valence-electron chi connectivity index (χ2n) is 2.89. The van der Waals surface area contributed by atoms with E-state index in [2.05, 4.69) is 15.9 Å². The lowest BCUT2D eigenvalue weighted by atomic mass is 10.0. The number of hydrogen-bond acceptors (Lipinski definition) is 3. The molecule has 1 aliphatic carbocycles. The average Bonchev–Trinajstić information content (AvgIpc) is 2.35. The van der Waals surface area contributed by atoms with Gasteiger partial charge in [-0.2, -0.15) is 0 Å². The van der Waals surface area contributed by atoms with Gasteiger partial charge in [0.1, 0.15) is 5.78 Å². The SMILES string of the molecule is O=C1CCC(C(F)(Br)C(=O)[O-])C1. The molecule has 3 nitrogen and oxygen atoms in total. The number of hydrogen-bond donors (Lipinski definition) is 0. The van der Waals surface area contributed by atoms with Gasteiger partial charge >= 0.3 is 0 Å². The number of carbonyl (C=O) groups is 2. The molecule has 1 aliphatic rings. The largest absolute Gasteiger partial charge is 0.546 e. The summed E-state index contributed by atoms with van der Waals surface area (Å²) in [5.41, 5.74) is 0. The maximum atomic E-state index is 13.2. The van der Waals surface area contributed by atoms with Crippen molar-refractivity contribution >= 4 is 27.7 Å². The molecule has 0 aromatic heterocycles. The van der Waals surface area contributed by atoms with Crippen molar-refractivity contribution in [2.45, 2.75) is 23.8 Å². The van der Waals surface area contributed by atoms with Crippen LogP contribution in [0.3, 0.4) is 0 Å². The fourth-order valence-corrected chi connectivity index (χ4v) is 1.68. The van der Waals surface area contributed by atoms with E-state index in [0.717, 1.165) is 0 Å². The molecule has 2 unspecified atom stereocenters. The monoisotopic (exact) mass is 237 g/mol. The van der Waals surface area contributed by atoms with Gasteiger partial charge < -0.3 is 9.90 Å². The van der Waals surface area contributed by atoms with Crippen molar-refractivity contribution in [1.82, 2.24) is 0 Å². The van der Waals surface area contributed by atoms with Crippen LogP contribution in [0, 0.1) is 5.92 Å². The van der Waals surface area contributed by atoms with Crippen LogP contribution in [-0.4, -0.2) is 16.3 Å². The maximum absolute atomic E-state index is 13.2. The second kappa shape index (κ2) is 3.12. The molecule has 1 rings (SSSR count). The Bertz CT molecular complexity index is 227. The van der Waals surface area contributed by atoms with Crippen molar-refractivity contribution in [2.75, 3.05) is 0 Å². The number of carboxylic acid groups (broad SMARTS) is 1. The Morgan fingerprint density at radius 3 is 2.67 bits per heavy atom. The third kappa shape index (κ3) is 1.65. The topological polar surface area (TPSA) is 57.2 Å². The van der Waals surface area contributed by atoms with Crippen molar-refractivity contribution in [3.63, 3.8) is 0 Å². The molecule has 0 aromatic carbocycles. The van der Waals surface area contributed by atoms with Gasteiger partial charge in [0.15, 0.2) is 0 Å². The number of ketones is 1. The summed E-state index contributed by atoms with van der Waals surface area (Å²) in [6.45, 7) is 0. The number of halogens is 2. The summed E-state index contributed by atoms with van der Waals surface area (Å²) in [6, 6.07) is 0. The highest BCUT2D eigenvalue weighted by Gasteiger charge is 2.42. The lowest BCUT2D eigenvalue weighted by Crippen LogP contribution is -2.44. The van der Waals surface area contributed by atoms with Gasteiger partial charge in [-0.25, -0.2) is 4.39 Å². The number of carboxylic acids is 1. The highest BCUT2D eigenvalue weighted by atomic mass is 79.9. The van der Waals surface area contributed by atoms with Crippen molar-refractivity contribution in [2.24, 2.45) is 5.92 Å². The zero-order valence-electron chi connectivity index (χ0n) is 6.18. The van der Waals surface area contributed by atoms with E-state index in [9.17, 15) is 19.1 Å². The summed E-state index contributed by atoms with van der Waals surface area (Å²) in [5.74, 6) is -2.68. The summed E-state index contributed by atoms with van der Waals surface area (Å²) in [5, 5.41) is 10.3. The normalized spacial score (nSPS) is 28.5. The first-order valence-electron chi connectivity index (χ1n) is 3.55. The zero-order valence-corrected chi connectivity index (χ0v) is 7.77. The van der Waals surface area contributed by atoms with E-state index in [1.807, 2.05) is 0 Å². The summed E-state index contributed by atoms with van der Waals surface area (Å²) in [4.78, 5) is 21.0. The van der Waals surface area contributed by atoms with Gasteiger partial charge in [0, 0.05) is 18.8 Å². The Morgan fingerprint density at radius 1 is 1.75 bits per heavy atom. The highest BCUT2D eigenvalue weighted by molar-refractivity contribution is 9.10. The van der Waals surface area contributed by atoms with Gasteiger partial charge in [-0.1, -0.05) is 0 Å². The van der Waals surface area contributed by atoms with Gasteiger partial charge in [-0.15, -0.1) is 0 Å². The minimum atomic E-state index is -2.54. The summed E-state index contributed by atoms with van der Waals surface area (Å²) in [7, 11) is 0. The van der Waals surface area contributed by atoms with Crippen LogP contribution < -0.4 is 5.11 Å². The molecule has 0 saturated heterocycles. The van der Waals surface area contributed by atoms with Crippen LogP contribution in [0.4, 0.5) is 4.39 Å². The molecule has 68 valence electrons. The Kier molecular flexibility index (Phi) is 2.51. The molecule has 0 bridgehead atoms. The smallest absolute Gasteiger partial charge is 0.207 e. The van der Waals surface area contributed by atoms with E-state index in [0.29, 0.717) is 0 Å². The Morgan fingerprint density at radius 2 is 2.33 bits per heavy atom. The molecule has 0 aromatic rings. The van der Waals surface area contributed by atoms with E-state index >= 15 is 0 Å². The van der Waals surface area contributed by atoms with Crippen molar-refractivity contribution in [3.8, 4) is 0 Å². The number of Topliss-reactive ketones (excluding diaryl/α,β-unsaturated/α-hetero) is 1. The number of aliphatic carboxylic acids is 1. The van der Waals surface area contributed by atoms with Gasteiger partial charge in [0.05, 0.1) is 5.97 Å². The van der Waals surface area contributed by atoms with Crippen LogP contribution in [0.15, 0.2) is 0 Å². The summed E-state index contributed by atoms with van der Waals surface area (Å²) < 4.78 is 10.7.